The molecule has 2 aromatic rings. The molecule has 0 fully saturated rings. The summed E-state index contributed by atoms with van der Waals surface area (Å²) in [6.45, 7) is 1.82. The van der Waals surface area contributed by atoms with Gasteiger partial charge in [0.05, 0.1) is 13.3 Å². The lowest BCUT2D eigenvalue weighted by atomic mass is 10.2. The van der Waals surface area contributed by atoms with E-state index in [4.69, 9.17) is 15.2 Å². The van der Waals surface area contributed by atoms with Crippen LogP contribution in [0.15, 0.2) is 47.6 Å². The largest absolute Gasteiger partial charge is 0.493 e. The fraction of sp³-hybridized carbons (Fsp3) is 0.167. The number of aryl methyl sites for hydroxylation is 1. The van der Waals surface area contributed by atoms with Crippen LogP contribution in [0.2, 0.25) is 0 Å². The first-order chi connectivity index (χ1) is 12.5. The van der Waals surface area contributed by atoms with Gasteiger partial charge in [0.2, 0.25) is 0 Å². The molecule has 7 nitrogen and oxygen atoms in total. The van der Waals surface area contributed by atoms with E-state index >= 15 is 0 Å². The van der Waals surface area contributed by atoms with Gasteiger partial charge in [-0.1, -0.05) is 12.1 Å². The van der Waals surface area contributed by atoms with Crippen molar-refractivity contribution < 1.29 is 14.3 Å². The molecule has 8 heteroatoms. The van der Waals surface area contributed by atoms with E-state index in [1.54, 1.807) is 18.2 Å². The molecule has 0 aliphatic carbocycles. The summed E-state index contributed by atoms with van der Waals surface area (Å²) in [6.07, 6.45) is 1.54. The van der Waals surface area contributed by atoms with E-state index in [0.717, 1.165) is 16.8 Å². The van der Waals surface area contributed by atoms with Crippen molar-refractivity contribution in [1.29, 1.82) is 0 Å². The Morgan fingerprint density at radius 1 is 1.27 bits per heavy atom. The zero-order valence-corrected chi connectivity index (χ0v) is 15.3. The minimum Gasteiger partial charge on any atom is -0.493 e. The van der Waals surface area contributed by atoms with E-state index in [9.17, 15) is 4.79 Å². The number of methoxy groups -OCH3 is 1. The summed E-state index contributed by atoms with van der Waals surface area (Å²) in [4.78, 5) is 12.0. The molecule has 0 saturated carbocycles. The number of nitrogens with two attached hydrogens (primary N) is 1. The predicted octanol–water partition coefficient (Wildman–Crippen LogP) is 2.19. The summed E-state index contributed by atoms with van der Waals surface area (Å²) >= 11 is 4.66. The number of hydrogen-bond donors (Lipinski definition) is 3. The number of thiocarbonyl (C=S) groups is 1. The summed E-state index contributed by atoms with van der Waals surface area (Å²) in [6, 6.07) is 12.7. The fourth-order valence-electron chi connectivity index (χ4n) is 2.12. The Morgan fingerprint density at radius 2 is 2.08 bits per heavy atom. The number of benzene rings is 2. The average Bonchev–Trinajstić information content (AvgIpc) is 2.60. The zero-order valence-electron chi connectivity index (χ0n) is 14.5. The molecule has 0 spiro atoms. The third-order valence-electron chi connectivity index (χ3n) is 3.24. The second kappa shape index (κ2) is 9.38. The van der Waals surface area contributed by atoms with Crippen molar-refractivity contribution in [2.45, 2.75) is 6.92 Å². The second-order valence-electron chi connectivity index (χ2n) is 5.35. The summed E-state index contributed by atoms with van der Waals surface area (Å²) in [5.74, 6) is 0.669. The molecule has 0 aromatic heterocycles. The third-order valence-corrected chi connectivity index (χ3v) is 3.33. The smallest absolute Gasteiger partial charge is 0.262 e. The first-order valence-corrected chi connectivity index (χ1v) is 8.14. The number of nitrogens with one attached hydrogen (secondary N) is 2. The van der Waals surface area contributed by atoms with Crippen LogP contribution in [0.5, 0.6) is 11.5 Å². The lowest BCUT2D eigenvalue weighted by Crippen LogP contribution is -2.24. The number of hydrogen-bond acceptors (Lipinski definition) is 5. The molecular weight excluding hydrogens is 352 g/mol. The van der Waals surface area contributed by atoms with Gasteiger partial charge in [0.1, 0.15) is 0 Å². The standard InChI is InChI=1S/C18H20N4O3S/c1-12-4-3-5-14(8-12)21-17(23)11-25-15-7-6-13(9-16(15)24-2)10-20-22-18(19)26/h3-10H,11H2,1-2H3,(H,21,23)(H3,19,22,26)/b20-10+. The van der Waals surface area contributed by atoms with Gasteiger partial charge >= 0.3 is 0 Å². The van der Waals surface area contributed by atoms with Crippen molar-refractivity contribution in [3.63, 3.8) is 0 Å². The predicted molar refractivity (Wildman–Crippen MR) is 106 cm³/mol. The minimum absolute atomic E-state index is 0.0767. The Balaban J connectivity index is 1.96. The van der Waals surface area contributed by atoms with Crippen LogP contribution in [0.4, 0.5) is 5.69 Å². The first kappa shape index (κ1) is 19.2. The number of amides is 1. The highest BCUT2D eigenvalue weighted by molar-refractivity contribution is 7.80. The van der Waals surface area contributed by atoms with Gasteiger partial charge in [0.25, 0.3) is 5.91 Å². The van der Waals surface area contributed by atoms with Gasteiger partial charge in [-0.2, -0.15) is 5.10 Å². The number of rotatable bonds is 7. The van der Waals surface area contributed by atoms with E-state index in [1.807, 2.05) is 31.2 Å². The highest BCUT2D eigenvalue weighted by Gasteiger charge is 2.09. The van der Waals surface area contributed by atoms with E-state index in [2.05, 4.69) is 28.1 Å². The Kier molecular flexibility index (Phi) is 6.92. The molecule has 2 rings (SSSR count). The van der Waals surface area contributed by atoms with Gasteiger partial charge in [-0.3, -0.25) is 10.2 Å². The van der Waals surface area contributed by atoms with Crippen LogP contribution in [0, 0.1) is 6.92 Å². The van der Waals surface area contributed by atoms with Crippen LogP contribution in [-0.4, -0.2) is 31.0 Å². The maximum absolute atomic E-state index is 12.0. The van der Waals surface area contributed by atoms with Gasteiger partial charge in [-0.05, 0) is 60.6 Å². The fourth-order valence-corrected chi connectivity index (χ4v) is 2.17. The molecule has 0 bridgehead atoms. The van der Waals surface area contributed by atoms with Gasteiger partial charge in [0.15, 0.2) is 23.2 Å². The highest BCUT2D eigenvalue weighted by atomic mass is 32.1. The number of carbonyl (C=O) groups excluding carboxylic acids is 1. The summed E-state index contributed by atoms with van der Waals surface area (Å²) in [5, 5.41) is 6.73. The van der Waals surface area contributed by atoms with E-state index in [0.29, 0.717) is 11.5 Å². The van der Waals surface area contributed by atoms with E-state index < -0.39 is 0 Å². The lowest BCUT2D eigenvalue weighted by Gasteiger charge is -2.11. The maximum atomic E-state index is 12.0. The minimum atomic E-state index is -0.260. The maximum Gasteiger partial charge on any atom is 0.262 e. The monoisotopic (exact) mass is 372 g/mol. The van der Waals surface area contributed by atoms with Crippen LogP contribution in [0.3, 0.4) is 0 Å². The second-order valence-corrected chi connectivity index (χ2v) is 5.79. The van der Waals surface area contributed by atoms with Crippen LogP contribution in [-0.2, 0) is 4.79 Å². The van der Waals surface area contributed by atoms with Crippen molar-refractivity contribution in [2.75, 3.05) is 19.0 Å². The summed E-state index contributed by atoms with van der Waals surface area (Å²) in [7, 11) is 1.52. The van der Waals surface area contributed by atoms with Gasteiger partial charge in [-0.15, -0.1) is 0 Å². The molecule has 4 N–H and O–H groups in total. The Hall–Kier alpha value is -3.13. The highest BCUT2D eigenvalue weighted by Crippen LogP contribution is 2.27. The van der Waals surface area contributed by atoms with Crippen LogP contribution in [0.25, 0.3) is 0 Å². The average molecular weight is 372 g/mol. The molecule has 0 heterocycles. The Morgan fingerprint density at radius 3 is 2.77 bits per heavy atom. The SMILES string of the molecule is COc1cc(/C=N/NC(N)=S)ccc1OCC(=O)Nc1cccc(C)c1. The van der Waals surface area contributed by atoms with Crippen molar-refractivity contribution >= 4 is 35.1 Å². The quantitative estimate of drug-likeness (QED) is 0.392. The van der Waals surface area contributed by atoms with Crippen LogP contribution < -0.4 is 25.9 Å². The van der Waals surface area contributed by atoms with Gasteiger partial charge < -0.3 is 20.5 Å². The normalized spacial score (nSPS) is 10.4. The van der Waals surface area contributed by atoms with Crippen molar-refractivity contribution in [3.05, 3.63) is 53.6 Å². The molecule has 26 heavy (non-hydrogen) atoms. The summed E-state index contributed by atoms with van der Waals surface area (Å²) < 4.78 is 10.8. The zero-order chi connectivity index (χ0) is 18.9. The molecule has 0 aliphatic rings. The molecule has 0 saturated heterocycles. The molecule has 1 amide bonds. The molecular formula is C18H20N4O3S. The van der Waals surface area contributed by atoms with Gasteiger partial charge in [-0.25, -0.2) is 0 Å². The Bertz CT molecular complexity index is 824. The third kappa shape index (κ3) is 6.06. The van der Waals surface area contributed by atoms with Crippen LogP contribution >= 0.6 is 12.2 Å². The number of carbonyl (C=O) groups is 1. The topological polar surface area (TPSA) is 98.0 Å². The Labute approximate surface area is 157 Å². The number of ether oxygens (including phenoxy) is 2. The number of anilines is 1. The molecule has 2 aromatic carbocycles. The van der Waals surface area contributed by atoms with Crippen molar-refractivity contribution in [1.82, 2.24) is 5.43 Å². The molecule has 0 unspecified atom stereocenters. The molecule has 0 atom stereocenters. The van der Waals surface area contributed by atoms with E-state index in [-0.39, 0.29) is 17.6 Å². The number of hydrazone groups is 1. The molecule has 0 aliphatic heterocycles. The molecule has 0 radical (unpaired) electrons. The van der Waals surface area contributed by atoms with Crippen molar-refractivity contribution in [3.8, 4) is 11.5 Å². The first-order valence-electron chi connectivity index (χ1n) is 7.74. The summed E-state index contributed by atoms with van der Waals surface area (Å²) in [5.41, 5.74) is 10.3. The van der Waals surface area contributed by atoms with Crippen molar-refractivity contribution in [2.24, 2.45) is 10.8 Å². The van der Waals surface area contributed by atoms with Gasteiger partial charge in [0, 0.05) is 5.69 Å². The lowest BCUT2D eigenvalue weighted by molar-refractivity contribution is -0.118. The molecule has 136 valence electrons. The number of nitrogens with zero attached hydrogens (tertiary/aromatic N) is 1. The van der Waals surface area contributed by atoms with E-state index in [1.165, 1.54) is 13.3 Å². The van der Waals surface area contributed by atoms with Crippen LogP contribution in [0.1, 0.15) is 11.1 Å².